The highest BCUT2D eigenvalue weighted by Gasteiger charge is 2.15. The Morgan fingerprint density at radius 1 is 0.795 bits per heavy atom. The van der Waals surface area contributed by atoms with Gasteiger partial charge < -0.3 is 24.5 Å². The van der Waals surface area contributed by atoms with E-state index < -0.39 is 0 Å². The predicted octanol–water partition coefficient (Wildman–Crippen LogP) is 8.20. The van der Waals surface area contributed by atoms with Gasteiger partial charge in [-0.05, 0) is 72.9 Å². The smallest absolute Gasteiger partial charge is 0.255 e. The highest BCUT2D eigenvalue weighted by Crippen LogP contribution is 2.35. The van der Waals surface area contributed by atoms with Crippen LogP contribution in [0, 0.1) is 0 Å². The number of benzene rings is 4. The summed E-state index contributed by atoms with van der Waals surface area (Å²) in [5, 5.41) is 8.47. The van der Waals surface area contributed by atoms with Crippen LogP contribution in [0.25, 0.3) is 33.2 Å². The minimum atomic E-state index is -0.162. The molecule has 6 rings (SSSR count). The number of methoxy groups -OCH3 is 2. The van der Waals surface area contributed by atoms with Crippen LogP contribution >= 0.6 is 0 Å². The number of carbonyl (C=O) groups excluding carboxylic acids is 1. The molecule has 1 amide bonds. The molecule has 2 N–H and O–H groups in total. The zero-order valence-electron chi connectivity index (χ0n) is 24.7. The van der Waals surface area contributed by atoms with E-state index in [0.717, 1.165) is 57.3 Å². The number of nitrogens with zero attached hydrogens (tertiary/aromatic N) is 2. The van der Waals surface area contributed by atoms with Gasteiger partial charge in [-0.25, -0.2) is 9.97 Å². The van der Waals surface area contributed by atoms with Crippen molar-refractivity contribution in [1.82, 2.24) is 9.97 Å². The van der Waals surface area contributed by atoms with Gasteiger partial charge in [-0.15, -0.1) is 0 Å². The molecule has 0 radical (unpaired) electrons. The van der Waals surface area contributed by atoms with Crippen LogP contribution in [-0.4, -0.2) is 43.3 Å². The molecule has 0 saturated heterocycles. The van der Waals surface area contributed by atoms with Crippen LogP contribution in [0.3, 0.4) is 0 Å². The van der Waals surface area contributed by atoms with Crippen molar-refractivity contribution in [3.05, 3.63) is 115 Å². The van der Waals surface area contributed by atoms with Crippen LogP contribution < -0.4 is 10.6 Å². The Labute approximate surface area is 256 Å². The summed E-state index contributed by atoms with van der Waals surface area (Å²) in [6.45, 7) is 1.30. The van der Waals surface area contributed by atoms with Gasteiger partial charge in [-0.3, -0.25) is 4.79 Å². The van der Waals surface area contributed by atoms with E-state index in [9.17, 15) is 4.79 Å². The summed E-state index contributed by atoms with van der Waals surface area (Å²) in [7, 11) is 3.40. The molecule has 0 saturated carbocycles. The first-order valence-electron chi connectivity index (χ1n) is 14.6. The molecule has 8 heteroatoms. The van der Waals surface area contributed by atoms with E-state index in [2.05, 4.69) is 38.8 Å². The molecule has 44 heavy (non-hydrogen) atoms. The number of hydrogen-bond acceptors (Lipinski definition) is 7. The number of para-hydroxylation sites is 2. The largest absolute Gasteiger partial charge is 0.455 e. The molecular formula is C36H34N4O4. The Morgan fingerprint density at radius 3 is 2.32 bits per heavy atom. The number of ether oxygens (including phenoxy) is 2. The molecule has 222 valence electrons. The standard InChI is InChI=1S/C36H34N4O4/c1-42-19-17-24(18-20-43-2)25-7-5-8-26(21-25)36(41)40-28-15-13-27(14-16-28)39-34-22-32(37-23-38-34)31-11-6-10-30-29-9-3-4-12-33(29)44-35(30)31/h3-16,21-24H,17-20H2,1-2H3,(H,40,41)(H,37,38,39). The Bertz CT molecular complexity index is 1880. The van der Waals surface area contributed by atoms with E-state index >= 15 is 0 Å². The van der Waals surface area contributed by atoms with Crippen LogP contribution in [0.2, 0.25) is 0 Å². The second-order valence-electron chi connectivity index (χ2n) is 10.6. The highest BCUT2D eigenvalue weighted by molar-refractivity contribution is 6.09. The maximum absolute atomic E-state index is 13.1. The van der Waals surface area contributed by atoms with Gasteiger partial charge in [0.1, 0.15) is 23.3 Å². The van der Waals surface area contributed by atoms with Gasteiger partial charge in [-0.1, -0.05) is 42.5 Å². The van der Waals surface area contributed by atoms with Crippen LogP contribution in [0.4, 0.5) is 17.2 Å². The number of anilines is 3. The lowest BCUT2D eigenvalue weighted by molar-refractivity contribution is 0.102. The fourth-order valence-electron chi connectivity index (χ4n) is 5.44. The number of carbonyl (C=O) groups is 1. The molecule has 0 aliphatic carbocycles. The molecule has 0 fully saturated rings. The summed E-state index contributed by atoms with van der Waals surface area (Å²) >= 11 is 0. The van der Waals surface area contributed by atoms with Crippen molar-refractivity contribution >= 4 is 45.0 Å². The third kappa shape index (κ3) is 6.46. The Hall–Kier alpha value is -5.05. The minimum Gasteiger partial charge on any atom is -0.455 e. The quantitative estimate of drug-likeness (QED) is 0.149. The second kappa shape index (κ2) is 13.5. The number of nitrogens with one attached hydrogen (secondary N) is 2. The van der Waals surface area contributed by atoms with Gasteiger partial charge in [0.25, 0.3) is 5.91 Å². The van der Waals surface area contributed by atoms with Gasteiger partial charge >= 0.3 is 0 Å². The van der Waals surface area contributed by atoms with Crippen LogP contribution in [0.15, 0.2) is 108 Å². The van der Waals surface area contributed by atoms with Crippen LogP contribution in [-0.2, 0) is 9.47 Å². The summed E-state index contributed by atoms with van der Waals surface area (Å²) in [6.07, 6.45) is 3.27. The molecule has 2 heterocycles. The van der Waals surface area contributed by atoms with Gasteiger partial charge in [0.2, 0.25) is 0 Å². The number of hydrogen-bond donors (Lipinski definition) is 2. The van der Waals surface area contributed by atoms with E-state index in [-0.39, 0.29) is 11.8 Å². The van der Waals surface area contributed by atoms with Crippen molar-refractivity contribution in [3.8, 4) is 11.3 Å². The number of fused-ring (bicyclic) bond motifs is 3. The number of amides is 1. The molecule has 0 atom stereocenters. The first-order chi connectivity index (χ1) is 21.6. The maximum Gasteiger partial charge on any atom is 0.255 e. The fourth-order valence-corrected chi connectivity index (χ4v) is 5.44. The zero-order chi connectivity index (χ0) is 30.3. The van der Waals surface area contributed by atoms with E-state index in [1.165, 1.54) is 6.33 Å². The molecule has 0 spiro atoms. The summed E-state index contributed by atoms with van der Waals surface area (Å²) in [6, 6.07) is 31.3. The molecule has 0 bridgehead atoms. The first kappa shape index (κ1) is 29.0. The van der Waals surface area contributed by atoms with Gasteiger partial charge in [0, 0.05) is 66.8 Å². The molecule has 6 aromatic rings. The Balaban J connectivity index is 1.14. The lowest BCUT2D eigenvalue weighted by atomic mass is 9.91. The summed E-state index contributed by atoms with van der Waals surface area (Å²) < 4.78 is 16.8. The normalized spacial score (nSPS) is 11.3. The maximum atomic E-state index is 13.1. The third-order valence-corrected chi connectivity index (χ3v) is 7.72. The average molecular weight is 587 g/mol. The molecule has 0 aliphatic rings. The summed E-state index contributed by atoms with van der Waals surface area (Å²) in [5.74, 6) is 0.736. The van der Waals surface area contributed by atoms with E-state index in [0.29, 0.717) is 30.3 Å². The van der Waals surface area contributed by atoms with Gasteiger partial charge in [-0.2, -0.15) is 0 Å². The predicted molar refractivity (Wildman–Crippen MR) is 175 cm³/mol. The Kier molecular flexibility index (Phi) is 8.91. The van der Waals surface area contributed by atoms with E-state index in [1.54, 1.807) is 14.2 Å². The van der Waals surface area contributed by atoms with Crippen molar-refractivity contribution in [1.29, 1.82) is 0 Å². The molecule has 4 aromatic carbocycles. The number of rotatable bonds is 12. The number of furan rings is 1. The molecule has 8 nitrogen and oxygen atoms in total. The van der Waals surface area contributed by atoms with Crippen LogP contribution in [0.1, 0.15) is 34.7 Å². The Morgan fingerprint density at radius 2 is 1.52 bits per heavy atom. The second-order valence-corrected chi connectivity index (χ2v) is 10.6. The molecule has 0 unspecified atom stereocenters. The molecule has 0 aliphatic heterocycles. The summed E-state index contributed by atoms with van der Waals surface area (Å²) in [5.41, 5.74) is 6.53. The summed E-state index contributed by atoms with van der Waals surface area (Å²) in [4.78, 5) is 22.1. The minimum absolute atomic E-state index is 0.162. The fraction of sp³-hybridized carbons (Fsp3) is 0.194. The third-order valence-electron chi connectivity index (χ3n) is 7.72. The highest BCUT2D eigenvalue weighted by atomic mass is 16.5. The van der Waals surface area contributed by atoms with Crippen molar-refractivity contribution in [3.63, 3.8) is 0 Å². The van der Waals surface area contributed by atoms with Crippen molar-refractivity contribution in [2.24, 2.45) is 0 Å². The van der Waals surface area contributed by atoms with Gasteiger partial charge in [0.15, 0.2) is 0 Å². The topological polar surface area (TPSA) is 98.5 Å². The van der Waals surface area contributed by atoms with Gasteiger partial charge in [0.05, 0.1) is 5.69 Å². The van der Waals surface area contributed by atoms with Crippen molar-refractivity contribution in [2.45, 2.75) is 18.8 Å². The molecular weight excluding hydrogens is 552 g/mol. The van der Waals surface area contributed by atoms with Crippen molar-refractivity contribution in [2.75, 3.05) is 38.1 Å². The lowest BCUT2D eigenvalue weighted by Crippen LogP contribution is -2.13. The van der Waals surface area contributed by atoms with E-state index in [1.807, 2.05) is 78.9 Å². The number of aromatic nitrogens is 2. The monoisotopic (exact) mass is 586 g/mol. The average Bonchev–Trinajstić information content (AvgIpc) is 3.45. The zero-order valence-corrected chi connectivity index (χ0v) is 24.7. The molecule has 2 aromatic heterocycles. The SMILES string of the molecule is COCCC(CCOC)c1cccc(C(=O)Nc2ccc(Nc3cc(-c4cccc5c4oc4ccccc45)ncn3)cc2)c1. The lowest BCUT2D eigenvalue weighted by Gasteiger charge is -2.17. The first-order valence-corrected chi connectivity index (χ1v) is 14.6. The van der Waals surface area contributed by atoms with Crippen LogP contribution in [0.5, 0.6) is 0 Å². The van der Waals surface area contributed by atoms with E-state index in [4.69, 9.17) is 13.9 Å². The van der Waals surface area contributed by atoms with Crippen molar-refractivity contribution < 1.29 is 18.7 Å².